The van der Waals surface area contributed by atoms with Gasteiger partial charge in [0.15, 0.2) is 0 Å². The Balaban J connectivity index is 1.19. The molecule has 2 aliphatic rings. The molecule has 0 N–H and O–H groups in total. The van der Waals surface area contributed by atoms with Crippen molar-refractivity contribution in [2.75, 3.05) is 4.90 Å². The molecule has 4 aromatic carbocycles. The van der Waals surface area contributed by atoms with E-state index < -0.39 is 0 Å². The van der Waals surface area contributed by atoms with Crippen molar-refractivity contribution >= 4 is 39.6 Å². The van der Waals surface area contributed by atoms with E-state index >= 15 is 0 Å². The molecule has 0 unspecified atom stereocenters. The number of para-hydroxylation sites is 1. The molecule has 0 saturated heterocycles. The van der Waals surface area contributed by atoms with Crippen LogP contribution in [-0.2, 0) is 0 Å². The van der Waals surface area contributed by atoms with Gasteiger partial charge in [0.2, 0.25) is 0 Å². The molecule has 5 aromatic rings. The first-order valence-corrected chi connectivity index (χ1v) is 15.2. The summed E-state index contributed by atoms with van der Waals surface area (Å²) >= 11 is 0. The highest BCUT2D eigenvalue weighted by atomic mass is 15.1. The third kappa shape index (κ3) is 5.33. The van der Waals surface area contributed by atoms with E-state index in [9.17, 15) is 0 Å². The molecule has 0 radical (unpaired) electrons. The van der Waals surface area contributed by atoms with E-state index in [4.69, 9.17) is 0 Å². The van der Waals surface area contributed by atoms with Gasteiger partial charge >= 0.3 is 0 Å². The number of fused-ring (bicyclic) bond motifs is 1. The van der Waals surface area contributed by atoms with Crippen LogP contribution in [0.4, 0.5) is 11.4 Å². The van der Waals surface area contributed by atoms with Gasteiger partial charge in [-0.3, -0.25) is 0 Å². The molecule has 0 aliphatic heterocycles. The molecule has 1 heterocycles. The molecule has 2 heteroatoms. The summed E-state index contributed by atoms with van der Waals surface area (Å²) in [7, 11) is 0. The number of benzene rings is 4. The second kappa shape index (κ2) is 11.7. The number of hydrogen-bond acceptors (Lipinski definition) is 1. The summed E-state index contributed by atoms with van der Waals surface area (Å²) in [5.74, 6) is 0. The van der Waals surface area contributed by atoms with Crippen molar-refractivity contribution in [2.24, 2.45) is 0 Å². The van der Waals surface area contributed by atoms with Crippen molar-refractivity contribution in [3.8, 4) is 11.1 Å². The lowest BCUT2D eigenvalue weighted by Crippen LogP contribution is -2.17. The van der Waals surface area contributed by atoms with Crippen molar-refractivity contribution in [3.05, 3.63) is 163 Å². The fourth-order valence-corrected chi connectivity index (χ4v) is 6.30. The molecule has 0 saturated carbocycles. The van der Waals surface area contributed by atoms with Gasteiger partial charge in [-0.2, -0.15) is 0 Å². The van der Waals surface area contributed by atoms with Gasteiger partial charge in [-0.25, -0.2) is 0 Å². The number of aryl methyl sites for hydroxylation is 1. The van der Waals surface area contributed by atoms with Crippen LogP contribution in [-0.4, -0.2) is 4.57 Å². The van der Waals surface area contributed by atoms with Gasteiger partial charge in [-0.15, -0.1) is 0 Å². The van der Waals surface area contributed by atoms with E-state index in [1.54, 1.807) is 0 Å². The summed E-state index contributed by atoms with van der Waals surface area (Å²) in [5.41, 5.74) is 13.7. The lowest BCUT2D eigenvalue weighted by Gasteiger charge is -2.30. The third-order valence-electron chi connectivity index (χ3n) is 8.70. The molecule has 7 rings (SSSR count). The first kappa shape index (κ1) is 26.8. The maximum absolute atomic E-state index is 3.99. The van der Waals surface area contributed by atoms with Crippen molar-refractivity contribution in [1.29, 1.82) is 0 Å². The zero-order valence-corrected chi connectivity index (χ0v) is 24.7. The van der Waals surface area contributed by atoms with Gasteiger partial charge in [0.05, 0.1) is 5.52 Å². The molecule has 0 amide bonds. The van der Waals surface area contributed by atoms with Gasteiger partial charge in [-0.1, -0.05) is 79.4 Å². The summed E-state index contributed by atoms with van der Waals surface area (Å²) in [5, 5.41) is 1.26. The molecule has 43 heavy (non-hydrogen) atoms. The zero-order chi connectivity index (χ0) is 29.2. The highest BCUT2D eigenvalue weighted by Gasteiger charge is 2.18. The van der Waals surface area contributed by atoms with E-state index in [0.717, 1.165) is 25.7 Å². The van der Waals surface area contributed by atoms with Gasteiger partial charge in [0.25, 0.3) is 0 Å². The fourth-order valence-electron chi connectivity index (χ4n) is 6.30. The summed E-state index contributed by atoms with van der Waals surface area (Å²) in [6.07, 6.45) is 19.7. The summed E-state index contributed by atoms with van der Waals surface area (Å²) in [4.78, 5) is 2.40. The molecular formula is C41H36N2. The summed E-state index contributed by atoms with van der Waals surface area (Å²) < 4.78 is 2.30. The van der Waals surface area contributed by atoms with Gasteiger partial charge < -0.3 is 9.47 Å². The standard InChI is InChI=1S/C41H36N2/c1-3-31-28-34(15-14-30(31)2)32-16-21-39(22-17-32)43(38-12-8-5-9-13-38)40-23-18-33(19-24-40)35-20-25-41-36(29-35)26-27-42(41)37-10-6-4-7-11-37/h3,5-6,8-16,18-21,23-29H,1,4,7,17,22H2,2H3. The maximum atomic E-state index is 3.99. The summed E-state index contributed by atoms with van der Waals surface area (Å²) in [6, 6.07) is 35.4. The van der Waals surface area contributed by atoms with Crippen LogP contribution in [0.15, 0.2) is 146 Å². The first-order chi connectivity index (χ1) is 21.2. The van der Waals surface area contributed by atoms with Crippen LogP contribution in [0.25, 0.3) is 39.4 Å². The number of aromatic nitrogens is 1. The van der Waals surface area contributed by atoms with Gasteiger partial charge in [0.1, 0.15) is 0 Å². The lowest BCUT2D eigenvalue weighted by atomic mass is 9.92. The minimum absolute atomic E-state index is 0.971. The Kier molecular flexibility index (Phi) is 7.27. The van der Waals surface area contributed by atoms with Crippen LogP contribution in [0, 0.1) is 6.92 Å². The third-order valence-corrected chi connectivity index (χ3v) is 8.70. The lowest BCUT2D eigenvalue weighted by molar-refractivity contribution is 0.930. The van der Waals surface area contributed by atoms with Crippen LogP contribution >= 0.6 is 0 Å². The Bertz CT molecular complexity index is 1930. The van der Waals surface area contributed by atoms with Crippen molar-refractivity contribution in [3.63, 3.8) is 0 Å². The number of nitrogens with zero attached hydrogens (tertiary/aromatic N) is 2. The SMILES string of the molecule is C=Cc1cc(C2=CC=C(N(c3ccccc3)c3ccc(-c4ccc5c(ccn5C5=CCCC=C5)c4)cc3)CC2)ccc1C. The Hall–Kier alpha value is -5.08. The highest BCUT2D eigenvalue weighted by molar-refractivity contribution is 5.89. The quantitative estimate of drug-likeness (QED) is 0.194. The fraction of sp³-hybridized carbons (Fsp3) is 0.122. The van der Waals surface area contributed by atoms with E-state index in [1.807, 2.05) is 6.08 Å². The minimum Gasteiger partial charge on any atom is -0.317 e. The molecule has 210 valence electrons. The number of rotatable bonds is 7. The molecule has 2 nitrogen and oxygen atoms in total. The molecule has 0 bridgehead atoms. The molecule has 0 atom stereocenters. The normalized spacial score (nSPS) is 14.7. The van der Waals surface area contributed by atoms with Crippen molar-refractivity contribution in [1.82, 2.24) is 4.57 Å². The van der Waals surface area contributed by atoms with E-state index in [0.29, 0.717) is 0 Å². The average molecular weight is 557 g/mol. The largest absolute Gasteiger partial charge is 0.317 e. The Morgan fingerprint density at radius 1 is 0.744 bits per heavy atom. The van der Waals surface area contributed by atoms with E-state index in [1.165, 1.54) is 67.1 Å². The van der Waals surface area contributed by atoms with Crippen LogP contribution in [0.3, 0.4) is 0 Å². The van der Waals surface area contributed by atoms with Crippen LogP contribution < -0.4 is 4.90 Å². The highest BCUT2D eigenvalue weighted by Crippen LogP contribution is 2.37. The monoisotopic (exact) mass is 556 g/mol. The van der Waals surface area contributed by atoms with E-state index in [2.05, 4.69) is 157 Å². The smallest absolute Gasteiger partial charge is 0.0528 e. The number of anilines is 2. The first-order valence-electron chi connectivity index (χ1n) is 15.2. The molecule has 0 fully saturated rings. The predicted molar refractivity (Wildman–Crippen MR) is 185 cm³/mol. The molecular weight excluding hydrogens is 520 g/mol. The zero-order valence-electron chi connectivity index (χ0n) is 24.7. The predicted octanol–water partition coefficient (Wildman–Crippen LogP) is 11.4. The van der Waals surface area contributed by atoms with Crippen LogP contribution in [0.5, 0.6) is 0 Å². The van der Waals surface area contributed by atoms with Crippen LogP contribution in [0.1, 0.15) is 42.4 Å². The Morgan fingerprint density at radius 3 is 2.28 bits per heavy atom. The van der Waals surface area contributed by atoms with Crippen molar-refractivity contribution < 1.29 is 0 Å². The number of hydrogen-bond donors (Lipinski definition) is 0. The minimum atomic E-state index is 0.971. The van der Waals surface area contributed by atoms with Crippen molar-refractivity contribution in [2.45, 2.75) is 32.6 Å². The molecule has 1 aromatic heterocycles. The number of allylic oxidation sites excluding steroid dienone is 8. The van der Waals surface area contributed by atoms with E-state index in [-0.39, 0.29) is 0 Å². The van der Waals surface area contributed by atoms with Crippen LogP contribution in [0.2, 0.25) is 0 Å². The van der Waals surface area contributed by atoms with Gasteiger partial charge in [0, 0.05) is 34.4 Å². The Labute approximate surface area is 254 Å². The van der Waals surface area contributed by atoms with Gasteiger partial charge in [-0.05, 0) is 127 Å². The maximum Gasteiger partial charge on any atom is 0.0528 e. The molecule has 2 aliphatic carbocycles. The molecule has 0 spiro atoms. The average Bonchev–Trinajstić information content (AvgIpc) is 3.50. The summed E-state index contributed by atoms with van der Waals surface area (Å²) in [6.45, 7) is 6.13. The Morgan fingerprint density at radius 2 is 1.53 bits per heavy atom. The second-order valence-corrected chi connectivity index (χ2v) is 11.4. The second-order valence-electron chi connectivity index (χ2n) is 11.4. The topological polar surface area (TPSA) is 8.17 Å².